The maximum Gasteiger partial charge on any atom is 0.281 e. The fourth-order valence-electron chi connectivity index (χ4n) is 1.81. The van der Waals surface area contributed by atoms with Crippen molar-refractivity contribution in [2.45, 2.75) is 25.4 Å². The van der Waals surface area contributed by atoms with Crippen molar-refractivity contribution in [1.82, 2.24) is 10.2 Å². The van der Waals surface area contributed by atoms with Crippen LogP contribution in [0.5, 0.6) is 0 Å². The van der Waals surface area contributed by atoms with E-state index in [2.05, 4.69) is 14.9 Å². The second-order valence-corrected chi connectivity index (χ2v) is 6.94. The van der Waals surface area contributed by atoms with Crippen LogP contribution in [0.15, 0.2) is 17.2 Å². The Morgan fingerprint density at radius 1 is 1.29 bits per heavy atom. The number of halogens is 2. The summed E-state index contributed by atoms with van der Waals surface area (Å²) < 4.78 is 27.2. The summed E-state index contributed by atoms with van der Waals surface area (Å²) in [7, 11) is -3.90. The summed E-state index contributed by atoms with van der Waals surface area (Å²) >= 11 is 12.0. The van der Waals surface area contributed by atoms with E-state index in [1.54, 1.807) is 19.9 Å². The Morgan fingerprint density at radius 2 is 1.95 bits per heavy atom. The maximum atomic E-state index is 12.4. The van der Waals surface area contributed by atoms with Gasteiger partial charge in [-0.05, 0) is 31.5 Å². The lowest BCUT2D eigenvalue weighted by Crippen LogP contribution is -2.16. The van der Waals surface area contributed by atoms with Gasteiger partial charge in [-0.2, -0.15) is 13.5 Å². The molecule has 0 fully saturated rings. The number of rotatable bonds is 4. The number of sulfonamides is 1. The van der Waals surface area contributed by atoms with Crippen molar-refractivity contribution >= 4 is 38.9 Å². The fraction of sp³-hybridized carbons (Fsp3) is 0.250. The highest BCUT2D eigenvalue weighted by molar-refractivity contribution is 7.92. The quantitative estimate of drug-likeness (QED) is 0.790. The van der Waals surface area contributed by atoms with Crippen LogP contribution in [0.1, 0.15) is 16.8 Å². The van der Waals surface area contributed by atoms with Crippen molar-refractivity contribution in [1.29, 1.82) is 0 Å². The molecule has 0 saturated heterocycles. The molecule has 1 aromatic heterocycles. The third-order valence-electron chi connectivity index (χ3n) is 2.99. The molecule has 0 unspecified atom stereocenters. The zero-order valence-corrected chi connectivity index (χ0v) is 13.7. The number of nitrogens with zero attached hydrogens (tertiary/aromatic N) is 1. The standard InChI is InChI=1S/C12H14Cl2N4O2S/c1-6-3-10(14)11(4-9(6)13)18-21(19,20)12-8(5-15)7(2)16-17-12/h3-4,18H,5,15H2,1-2H3,(H,16,17). The van der Waals surface area contributed by atoms with Crippen LogP contribution in [0, 0.1) is 13.8 Å². The topological polar surface area (TPSA) is 101 Å². The Kier molecular flexibility index (Phi) is 4.48. The molecule has 1 aromatic carbocycles. The third kappa shape index (κ3) is 3.16. The molecule has 9 heteroatoms. The molecule has 4 N–H and O–H groups in total. The Labute approximate surface area is 132 Å². The molecule has 21 heavy (non-hydrogen) atoms. The zero-order chi connectivity index (χ0) is 15.8. The predicted molar refractivity (Wildman–Crippen MR) is 83.2 cm³/mol. The first kappa shape index (κ1) is 16.1. The summed E-state index contributed by atoms with van der Waals surface area (Å²) in [4.78, 5) is 0. The molecule has 0 bridgehead atoms. The lowest BCUT2D eigenvalue weighted by atomic mass is 10.2. The fourth-order valence-corrected chi connectivity index (χ4v) is 3.58. The maximum absolute atomic E-state index is 12.4. The van der Waals surface area contributed by atoms with Crippen molar-refractivity contribution < 1.29 is 8.42 Å². The molecule has 0 aliphatic heterocycles. The van der Waals surface area contributed by atoms with Gasteiger partial charge in [-0.15, -0.1) is 0 Å². The molecule has 114 valence electrons. The highest BCUT2D eigenvalue weighted by Gasteiger charge is 2.24. The molecule has 6 nitrogen and oxygen atoms in total. The number of anilines is 1. The van der Waals surface area contributed by atoms with Gasteiger partial charge in [0, 0.05) is 22.8 Å². The Balaban J connectivity index is 2.45. The number of hydrogen-bond acceptors (Lipinski definition) is 4. The number of nitrogens with two attached hydrogens (primary N) is 1. The van der Waals surface area contributed by atoms with Crippen LogP contribution in [0.2, 0.25) is 10.0 Å². The average Bonchev–Trinajstić information content (AvgIpc) is 2.77. The van der Waals surface area contributed by atoms with Crippen LogP contribution in [-0.4, -0.2) is 18.6 Å². The Morgan fingerprint density at radius 3 is 2.57 bits per heavy atom. The second kappa shape index (κ2) is 5.84. The van der Waals surface area contributed by atoms with Crippen LogP contribution < -0.4 is 10.5 Å². The highest BCUT2D eigenvalue weighted by Crippen LogP contribution is 2.30. The first-order valence-electron chi connectivity index (χ1n) is 5.98. The van der Waals surface area contributed by atoms with Gasteiger partial charge in [0.2, 0.25) is 5.03 Å². The summed E-state index contributed by atoms with van der Waals surface area (Å²) in [5.74, 6) is 0. The van der Waals surface area contributed by atoms with Crippen LogP contribution in [0.25, 0.3) is 0 Å². The monoisotopic (exact) mass is 348 g/mol. The minimum Gasteiger partial charge on any atom is -0.326 e. The Bertz CT molecular complexity index is 787. The third-order valence-corrected chi connectivity index (χ3v) is 5.04. The number of aryl methyl sites for hydroxylation is 2. The van der Waals surface area contributed by atoms with Gasteiger partial charge in [-0.1, -0.05) is 23.2 Å². The number of H-pyrrole nitrogens is 1. The molecule has 0 radical (unpaired) electrons. The van der Waals surface area contributed by atoms with E-state index in [1.165, 1.54) is 6.07 Å². The molecule has 0 aliphatic carbocycles. The summed E-state index contributed by atoms with van der Waals surface area (Å²) in [6.07, 6.45) is 0. The van der Waals surface area contributed by atoms with Crippen molar-refractivity contribution in [3.63, 3.8) is 0 Å². The molecular weight excluding hydrogens is 335 g/mol. The lowest BCUT2D eigenvalue weighted by molar-refractivity contribution is 0.596. The number of hydrogen-bond donors (Lipinski definition) is 3. The van der Waals surface area contributed by atoms with Crippen LogP contribution in [-0.2, 0) is 16.6 Å². The molecule has 0 aliphatic rings. The van der Waals surface area contributed by atoms with Gasteiger partial charge in [0.1, 0.15) is 0 Å². The Hall–Kier alpha value is -1.28. The van der Waals surface area contributed by atoms with Crippen molar-refractivity contribution in [2.75, 3.05) is 4.72 Å². The SMILES string of the molecule is Cc1cc(Cl)c(NS(=O)(=O)c2n[nH]c(C)c2CN)cc1Cl. The van der Waals surface area contributed by atoms with E-state index in [0.717, 1.165) is 5.56 Å². The number of aromatic nitrogens is 2. The highest BCUT2D eigenvalue weighted by atomic mass is 35.5. The molecule has 0 spiro atoms. The lowest BCUT2D eigenvalue weighted by Gasteiger charge is -2.10. The molecule has 0 atom stereocenters. The number of benzene rings is 1. The van der Waals surface area contributed by atoms with Crippen molar-refractivity contribution in [3.05, 3.63) is 39.0 Å². The minimum atomic E-state index is -3.90. The molecule has 0 amide bonds. The first-order valence-corrected chi connectivity index (χ1v) is 8.22. The van der Waals surface area contributed by atoms with Crippen LogP contribution in [0.3, 0.4) is 0 Å². The first-order chi connectivity index (χ1) is 9.76. The van der Waals surface area contributed by atoms with Crippen LogP contribution >= 0.6 is 23.2 Å². The smallest absolute Gasteiger partial charge is 0.281 e. The van der Waals surface area contributed by atoms with Crippen LogP contribution in [0.4, 0.5) is 5.69 Å². The zero-order valence-electron chi connectivity index (χ0n) is 11.4. The predicted octanol–water partition coefficient (Wildman–Crippen LogP) is 2.59. The van der Waals surface area contributed by atoms with Crippen molar-refractivity contribution in [2.24, 2.45) is 5.73 Å². The van der Waals surface area contributed by atoms with E-state index < -0.39 is 10.0 Å². The second-order valence-electron chi connectivity index (χ2n) is 4.52. The molecular formula is C12H14Cl2N4O2S. The number of nitrogens with one attached hydrogen (secondary N) is 2. The van der Waals surface area contributed by atoms with Gasteiger partial charge in [-0.25, -0.2) is 0 Å². The van der Waals surface area contributed by atoms with Gasteiger partial charge in [0.05, 0.1) is 10.7 Å². The molecule has 2 rings (SSSR count). The minimum absolute atomic E-state index is 0.0565. The van der Waals surface area contributed by atoms with E-state index in [1.807, 2.05) is 0 Å². The van der Waals surface area contributed by atoms with Crippen molar-refractivity contribution in [3.8, 4) is 0 Å². The van der Waals surface area contributed by atoms with E-state index in [4.69, 9.17) is 28.9 Å². The summed E-state index contributed by atoms with van der Waals surface area (Å²) in [5, 5.41) is 6.92. The largest absolute Gasteiger partial charge is 0.326 e. The normalized spacial score (nSPS) is 11.7. The van der Waals surface area contributed by atoms with E-state index >= 15 is 0 Å². The molecule has 0 saturated carbocycles. The average molecular weight is 349 g/mol. The van der Waals surface area contributed by atoms with E-state index in [9.17, 15) is 8.42 Å². The van der Waals surface area contributed by atoms with Gasteiger partial charge in [-0.3, -0.25) is 9.82 Å². The van der Waals surface area contributed by atoms with Gasteiger partial charge in [0.25, 0.3) is 10.0 Å². The van der Waals surface area contributed by atoms with Gasteiger partial charge in [0.15, 0.2) is 0 Å². The number of aromatic amines is 1. The molecule has 2 aromatic rings. The van der Waals surface area contributed by atoms with Gasteiger partial charge >= 0.3 is 0 Å². The van der Waals surface area contributed by atoms with E-state index in [0.29, 0.717) is 16.3 Å². The summed E-state index contributed by atoms with van der Waals surface area (Å²) in [6.45, 7) is 3.53. The summed E-state index contributed by atoms with van der Waals surface area (Å²) in [5.41, 5.74) is 7.53. The molecule has 1 heterocycles. The van der Waals surface area contributed by atoms with Gasteiger partial charge < -0.3 is 5.73 Å². The van der Waals surface area contributed by atoms with E-state index in [-0.39, 0.29) is 22.3 Å². The summed E-state index contributed by atoms with van der Waals surface area (Å²) in [6, 6.07) is 3.04.